The van der Waals surface area contributed by atoms with E-state index < -0.39 is 36.5 Å². The molecule has 2 fully saturated rings. The van der Waals surface area contributed by atoms with Gasteiger partial charge in [0.1, 0.15) is 29.7 Å². The summed E-state index contributed by atoms with van der Waals surface area (Å²) in [4.78, 5) is 0. The van der Waals surface area contributed by atoms with Crippen LogP contribution in [0.5, 0.6) is 5.75 Å². The molecular formula is C22H26O7. The molecule has 2 N–H and O–H groups in total. The van der Waals surface area contributed by atoms with Gasteiger partial charge in [-0.05, 0) is 17.7 Å². The van der Waals surface area contributed by atoms with E-state index >= 15 is 0 Å². The van der Waals surface area contributed by atoms with E-state index in [2.05, 4.69) is 0 Å². The number of aliphatic hydroxyl groups excluding tert-OH is 1. The van der Waals surface area contributed by atoms with Crippen molar-refractivity contribution in [3.05, 3.63) is 65.7 Å². The highest BCUT2D eigenvalue weighted by Gasteiger charge is 2.58. The summed E-state index contributed by atoms with van der Waals surface area (Å²) in [7, 11) is 3.03. The van der Waals surface area contributed by atoms with Crippen LogP contribution in [0.2, 0.25) is 0 Å². The first-order valence-electron chi connectivity index (χ1n) is 9.59. The predicted molar refractivity (Wildman–Crippen MR) is 103 cm³/mol. The number of fused-ring (bicyclic) bond motifs is 1. The van der Waals surface area contributed by atoms with Crippen molar-refractivity contribution < 1.29 is 33.9 Å². The first kappa shape index (κ1) is 20.3. The zero-order valence-corrected chi connectivity index (χ0v) is 16.4. The maximum absolute atomic E-state index is 11.6. The van der Waals surface area contributed by atoms with Crippen LogP contribution in [0.15, 0.2) is 54.6 Å². The van der Waals surface area contributed by atoms with Crippen LogP contribution < -0.4 is 4.74 Å². The number of aliphatic hydroxyl groups is 2. The summed E-state index contributed by atoms with van der Waals surface area (Å²) in [6, 6.07) is 16.8. The van der Waals surface area contributed by atoms with Crippen LogP contribution in [-0.4, -0.2) is 61.2 Å². The highest BCUT2D eigenvalue weighted by molar-refractivity contribution is 5.28. The van der Waals surface area contributed by atoms with Crippen LogP contribution in [0.1, 0.15) is 17.4 Å². The fourth-order valence-corrected chi connectivity index (χ4v) is 3.98. The number of ether oxygens (including phenoxy) is 5. The van der Waals surface area contributed by atoms with Gasteiger partial charge in [0.05, 0.1) is 13.7 Å². The van der Waals surface area contributed by atoms with Crippen LogP contribution >= 0.6 is 0 Å². The van der Waals surface area contributed by atoms with Gasteiger partial charge in [0, 0.05) is 19.1 Å². The van der Waals surface area contributed by atoms with Crippen LogP contribution in [-0.2, 0) is 25.4 Å². The Bertz CT molecular complexity index is 797. The molecule has 29 heavy (non-hydrogen) atoms. The second-order valence-electron chi connectivity index (χ2n) is 7.37. The molecule has 0 spiro atoms. The summed E-state index contributed by atoms with van der Waals surface area (Å²) >= 11 is 0. The summed E-state index contributed by atoms with van der Waals surface area (Å²) in [5.41, 5.74) is 0.0507. The van der Waals surface area contributed by atoms with Gasteiger partial charge in [0.2, 0.25) is 0 Å². The highest BCUT2D eigenvalue weighted by atomic mass is 16.8. The Morgan fingerprint density at radius 1 is 1.03 bits per heavy atom. The van der Waals surface area contributed by atoms with Gasteiger partial charge in [0.15, 0.2) is 12.6 Å². The molecule has 0 amide bonds. The zero-order chi connectivity index (χ0) is 20.4. The topological polar surface area (TPSA) is 86.6 Å². The zero-order valence-electron chi connectivity index (χ0n) is 16.4. The Morgan fingerprint density at radius 3 is 2.41 bits per heavy atom. The molecule has 2 heterocycles. The van der Waals surface area contributed by atoms with Crippen molar-refractivity contribution in [3.8, 4) is 5.75 Å². The molecule has 2 aromatic rings. The molecule has 0 bridgehead atoms. The Labute approximate surface area is 169 Å². The third kappa shape index (κ3) is 3.90. The minimum Gasteiger partial charge on any atom is -0.497 e. The summed E-state index contributed by atoms with van der Waals surface area (Å²) < 4.78 is 28.2. The largest absolute Gasteiger partial charge is 0.497 e. The third-order valence-corrected chi connectivity index (χ3v) is 5.54. The molecule has 2 aliphatic rings. The molecule has 6 atom stereocenters. The molecular weight excluding hydrogens is 376 g/mol. The molecule has 2 aromatic carbocycles. The first-order valence-corrected chi connectivity index (χ1v) is 9.59. The van der Waals surface area contributed by atoms with Crippen LogP contribution in [0.3, 0.4) is 0 Å². The Hall–Kier alpha value is -2.00. The van der Waals surface area contributed by atoms with Crippen LogP contribution in [0.4, 0.5) is 0 Å². The number of hydrogen-bond donors (Lipinski definition) is 2. The van der Waals surface area contributed by atoms with Gasteiger partial charge in [-0.1, -0.05) is 42.5 Å². The highest BCUT2D eigenvalue weighted by Crippen LogP contribution is 2.41. The molecule has 0 saturated carbocycles. The number of rotatable bonds is 5. The van der Waals surface area contributed by atoms with E-state index in [0.717, 1.165) is 16.9 Å². The second kappa shape index (κ2) is 8.39. The lowest BCUT2D eigenvalue weighted by Gasteiger charge is -2.52. The van der Waals surface area contributed by atoms with Gasteiger partial charge in [-0.2, -0.15) is 0 Å². The van der Waals surface area contributed by atoms with Crippen molar-refractivity contribution in [1.82, 2.24) is 0 Å². The smallest absolute Gasteiger partial charge is 0.186 e. The van der Waals surface area contributed by atoms with Crippen molar-refractivity contribution in [2.75, 3.05) is 20.8 Å². The molecule has 4 rings (SSSR count). The lowest BCUT2D eigenvalue weighted by atomic mass is 9.79. The summed E-state index contributed by atoms with van der Waals surface area (Å²) in [5.74, 6) is 0.724. The number of hydrogen-bond acceptors (Lipinski definition) is 7. The fraction of sp³-hybridized carbons (Fsp3) is 0.455. The van der Waals surface area contributed by atoms with Crippen molar-refractivity contribution in [2.45, 2.75) is 42.9 Å². The molecule has 2 aliphatic heterocycles. The maximum atomic E-state index is 11.6. The van der Waals surface area contributed by atoms with E-state index in [9.17, 15) is 10.2 Å². The van der Waals surface area contributed by atoms with Crippen LogP contribution in [0.25, 0.3) is 0 Å². The molecule has 7 nitrogen and oxygen atoms in total. The second-order valence-corrected chi connectivity index (χ2v) is 7.37. The van der Waals surface area contributed by atoms with E-state index in [4.69, 9.17) is 23.7 Å². The minimum atomic E-state index is -1.61. The van der Waals surface area contributed by atoms with E-state index in [-0.39, 0.29) is 13.0 Å². The van der Waals surface area contributed by atoms with E-state index in [1.54, 1.807) is 7.11 Å². The summed E-state index contributed by atoms with van der Waals surface area (Å²) in [6.45, 7) is 0.199. The molecule has 156 valence electrons. The van der Waals surface area contributed by atoms with Gasteiger partial charge in [-0.25, -0.2) is 0 Å². The first-order chi connectivity index (χ1) is 14.0. The average molecular weight is 402 g/mol. The maximum Gasteiger partial charge on any atom is 0.186 e. The van der Waals surface area contributed by atoms with Crippen LogP contribution in [0, 0.1) is 0 Å². The van der Waals surface area contributed by atoms with Gasteiger partial charge >= 0.3 is 0 Å². The van der Waals surface area contributed by atoms with Crippen molar-refractivity contribution in [3.63, 3.8) is 0 Å². The molecule has 7 heteroatoms. The fourth-order valence-electron chi connectivity index (χ4n) is 3.98. The predicted octanol–water partition coefficient (Wildman–Crippen LogP) is 1.82. The van der Waals surface area contributed by atoms with E-state index in [1.807, 2.05) is 54.6 Å². The van der Waals surface area contributed by atoms with E-state index in [0.29, 0.717) is 0 Å². The molecule has 0 radical (unpaired) electrons. The lowest BCUT2D eigenvalue weighted by Crippen LogP contribution is -2.70. The third-order valence-electron chi connectivity index (χ3n) is 5.54. The minimum absolute atomic E-state index is 0.189. The number of benzene rings is 2. The van der Waals surface area contributed by atoms with Gasteiger partial charge in [0.25, 0.3) is 0 Å². The Balaban J connectivity index is 1.62. The molecule has 2 saturated heterocycles. The van der Waals surface area contributed by atoms with E-state index in [1.165, 1.54) is 7.11 Å². The monoisotopic (exact) mass is 402 g/mol. The SMILES string of the molecule is COc1ccc(C2OC[C@H]3OC(OC)[C@H](O)[C@](O)(Cc4ccccc4)[C@@H]3O2)cc1. The average Bonchev–Trinajstić information content (AvgIpc) is 2.77. The normalized spacial score (nSPS) is 34.4. The Kier molecular flexibility index (Phi) is 5.87. The standard InChI is InChI=1S/C22H26O7/c1-25-16-10-8-15(9-11-16)20-27-13-17-19(29-20)22(24,18(23)21(26-2)28-17)12-14-6-4-3-5-7-14/h3-11,17-21,23-24H,12-13H2,1-2H3/t17-,18+,19-,20?,21?,22-/m1/s1. The molecule has 0 aromatic heterocycles. The number of methoxy groups -OCH3 is 2. The molecule has 0 aliphatic carbocycles. The van der Waals surface area contributed by atoms with Gasteiger partial charge < -0.3 is 33.9 Å². The molecule has 2 unspecified atom stereocenters. The van der Waals surface area contributed by atoms with Gasteiger partial charge in [-0.15, -0.1) is 0 Å². The summed E-state index contributed by atoms with van der Waals surface area (Å²) in [5, 5.41) is 22.5. The van der Waals surface area contributed by atoms with Gasteiger partial charge in [-0.3, -0.25) is 0 Å². The lowest BCUT2D eigenvalue weighted by molar-refractivity contribution is -0.383. The quantitative estimate of drug-likeness (QED) is 0.789. The van der Waals surface area contributed by atoms with Crippen molar-refractivity contribution >= 4 is 0 Å². The summed E-state index contributed by atoms with van der Waals surface area (Å²) in [6.07, 6.45) is -4.15. The Morgan fingerprint density at radius 2 is 1.76 bits per heavy atom. The van der Waals surface area contributed by atoms with Crippen molar-refractivity contribution in [2.24, 2.45) is 0 Å². The van der Waals surface area contributed by atoms with Crippen molar-refractivity contribution in [1.29, 1.82) is 0 Å².